The van der Waals surface area contributed by atoms with Gasteiger partial charge in [-0.3, -0.25) is 14.9 Å². The molecule has 1 aromatic rings. The zero-order valence-electron chi connectivity index (χ0n) is 14.4. The monoisotopic (exact) mass is 384 g/mol. The molecule has 1 atom stereocenters. The third-order valence-corrected chi connectivity index (χ3v) is 4.70. The lowest BCUT2D eigenvalue weighted by molar-refractivity contribution is -0.137. The molecular formula is C17H19F3N4O3. The molecule has 0 aromatic heterocycles. The van der Waals surface area contributed by atoms with Gasteiger partial charge in [0.1, 0.15) is 6.04 Å². The Bertz CT molecular complexity index is 728. The molecule has 1 unspecified atom stereocenters. The Balaban J connectivity index is 1.47. The number of nitrogens with one attached hydrogen (secondary N) is 2. The van der Waals surface area contributed by atoms with E-state index in [1.807, 2.05) is 4.90 Å². The number of benzene rings is 1. The quantitative estimate of drug-likeness (QED) is 0.768. The van der Waals surface area contributed by atoms with E-state index < -0.39 is 29.7 Å². The number of halogens is 3. The van der Waals surface area contributed by atoms with Crippen LogP contribution in [-0.2, 0) is 15.8 Å². The van der Waals surface area contributed by atoms with Crippen LogP contribution in [0.25, 0.3) is 0 Å². The molecule has 2 saturated heterocycles. The molecule has 2 heterocycles. The Morgan fingerprint density at radius 3 is 2.22 bits per heavy atom. The predicted molar refractivity (Wildman–Crippen MR) is 89.9 cm³/mol. The minimum Gasteiger partial charge on any atom is -0.368 e. The Labute approximate surface area is 153 Å². The SMILES string of the molecule is O=C1NC(=O)C(CCC(=O)N2CCN(c3ccc(C(F)(F)F)cc3)CC2)N1. The third-order valence-electron chi connectivity index (χ3n) is 4.70. The maximum absolute atomic E-state index is 12.6. The zero-order chi connectivity index (χ0) is 19.6. The van der Waals surface area contributed by atoms with Crippen LogP contribution in [0.5, 0.6) is 0 Å². The summed E-state index contributed by atoms with van der Waals surface area (Å²) in [5.41, 5.74) is -0.0106. The molecule has 1 aromatic carbocycles. The number of amides is 4. The van der Waals surface area contributed by atoms with Crippen molar-refractivity contribution >= 4 is 23.5 Å². The van der Waals surface area contributed by atoms with Crippen LogP contribution in [0, 0.1) is 0 Å². The van der Waals surface area contributed by atoms with Gasteiger partial charge in [0.05, 0.1) is 5.56 Å². The Kier molecular flexibility index (Phi) is 5.24. The molecule has 0 spiro atoms. The van der Waals surface area contributed by atoms with Gasteiger partial charge in [-0.25, -0.2) is 4.79 Å². The molecule has 7 nitrogen and oxygen atoms in total. The van der Waals surface area contributed by atoms with Gasteiger partial charge in [-0.2, -0.15) is 13.2 Å². The van der Waals surface area contributed by atoms with Gasteiger partial charge in [-0.1, -0.05) is 0 Å². The number of hydrogen-bond donors (Lipinski definition) is 2. The fourth-order valence-corrected chi connectivity index (χ4v) is 3.16. The van der Waals surface area contributed by atoms with Crippen LogP contribution >= 0.6 is 0 Å². The number of carbonyl (C=O) groups is 3. The van der Waals surface area contributed by atoms with E-state index in [0.29, 0.717) is 31.9 Å². The van der Waals surface area contributed by atoms with Crippen LogP contribution in [-0.4, -0.2) is 55.0 Å². The molecule has 2 aliphatic rings. The first kappa shape index (κ1) is 19.0. The highest BCUT2D eigenvalue weighted by atomic mass is 19.4. The van der Waals surface area contributed by atoms with Crippen molar-refractivity contribution in [1.29, 1.82) is 0 Å². The Morgan fingerprint density at radius 2 is 1.70 bits per heavy atom. The largest absolute Gasteiger partial charge is 0.416 e. The van der Waals surface area contributed by atoms with Crippen molar-refractivity contribution in [1.82, 2.24) is 15.5 Å². The molecule has 146 valence electrons. The minimum atomic E-state index is -4.36. The van der Waals surface area contributed by atoms with E-state index >= 15 is 0 Å². The van der Waals surface area contributed by atoms with Gasteiger partial charge in [-0.05, 0) is 30.7 Å². The molecule has 27 heavy (non-hydrogen) atoms. The minimum absolute atomic E-state index is 0.115. The highest BCUT2D eigenvalue weighted by Crippen LogP contribution is 2.30. The lowest BCUT2D eigenvalue weighted by atomic mass is 10.1. The van der Waals surface area contributed by atoms with Crippen molar-refractivity contribution in [3.05, 3.63) is 29.8 Å². The van der Waals surface area contributed by atoms with Gasteiger partial charge < -0.3 is 15.1 Å². The number of carbonyl (C=O) groups excluding carboxylic acids is 3. The maximum Gasteiger partial charge on any atom is 0.416 e. The molecule has 4 amide bonds. The van der Waals surface area contributed by atoms with Crippen LogP contribution in [0.3, 0.4) is 0 Å². The lowest BCUT2D eigenvalue weighted by Gasteiger charge is -2.36. The predicted octanol–water partition coefficient (Wildman–Crippen LogP) is 1.34. The van der Waals surface area contributed by atoms with Gasteiger partial charge in [0.25, 0.3) is 5.91 Å². The van der Waals surface area contributed by atoms with Crippen LogP contribution in [0.1, 0.15) is 18.4 Å². The van der Waals surface area contributed by atoms with Crippen molar-refractivity contribution in [2.45, 2.75) is 25.1 Å². The molecule has 0 saturated carbocycles. The zero-order valence-corrected chi connectivity index (χ0v) is 14.4. The summed E-state index contributed by atoms with van der Waals surface area (Å²) in [6.45, 7) is 1.92. The molecule has 2 N–H and O–H groups in total. The van der Waals surface area contributed by atoms with Gasteiger partial charge in [0.2, 0.25) is 5.91 Å². The number of imide groups is 1. The van der Waals surface area contributed by atoms with E-state index in [9.17, 15) is 27.6 Å². The van der Waals surface area contributed by atoms with Crippen LogP contribution in [0.2, 0.25) is 0 Å². The summed E-state index contributed by atoms with van der Waals surface area (Å²) in [5.74, 6) is -0.545. The normalized spacial score (nSPS) is 20.5. The summed E-state index contributed by atoms with van der Waals surface area (Å²) in [4.78, 5) is 38.4. The Morgan fingerprint density at radius 1 is 1.07 bits per heavy atom. The average Bonchev–Trinajstić information content (AvgIpc) is 2.96. The van der Waals surface area contributed by atoms with Crippen molar-refractivity contribution < 1.29 is 27.6 Å². The summed E-state index contributed by atoms with van der Waals surface area (Å²) in [6, 6.07) is 3.72. The first-order valence-corrected chi connectivity index (χ1v) is 8.55. The number of urea groups is 1. The summed E-state index contributed by atoms with van der Waals surface area (Å²) in [7, 11) is 0. The van der Waals surface area contributed by atoms with Crippen molar-refractivity contribution in [2.75, 3.05) is 31.1 Å². The molecule has 0 bridgehead atoms. The van der Waals surface area contributed by atoms with Crippen molar-refractivity contribution in [3.63, 3.8) is 0 Å². The van der Waals surface area contributed by atoms with E-state index in [-0.39, 0.29) is 18.7 Å². The number of nitrogens with zero attached hydrogens (tertiary/aromatic N) is 2. The van der Waals surface area contributed by atoms with Crippen LogP contribution in [0.15, 0.2) is 24.3 Å². The molecule has 3 rings (SSSR count). The van der Waals surface area contributed by atoms with Crippen LogP contribution in [0.4, 0.5) is 23.7 Å². The Hall–Kier alpha value is -2.78. The topological polar surface area (TPSA) is 81.8 Å². The number of piperazine rings is 1. The van der Waals surface area contributed by atoms with E-state index in [1.165, 1.54) is 12.1 Å². The summed E-state index contributed by atoms with van der Waals surface area (Å²) in [5, 5.41) is 4.56. The van der Waals surface area contributed by atoms with Gasteiger partial charge in [0, 0.05) is 38.3 Å². The molecule has 0 radical (unpaired) electrons. The number of alkyl halides is 3. The fourth-order valence-electron chi connectivity index (χ4n) is 3.16. The smallest absolute Gasteiger partial charge is 0.368 e. The fraction of sp³-hybridized carbons (Fsp3) is 0.471. The number of anilines is 1. The van der Waals surface area contributed by atoms with Gasteiger partial charge in [-0.15, -0.1) is 0 Å². The molecule has 10 heteroatoms. The highest BCUT2D eigenvalue weighted by molar-refractivity contribution is 6.04. The van der Waals surface area contributed by atoms with Crippen molar-refractivity contribution in [2.24, 2.45) is 0 Å². The van der Waals surface area contributed by atoms with Crippen molar-refractivity contribution in [3.8, 4) is 0 Å². The summed E-state index contributed by atoms with van der Waals surface area (Å²) >= 11 is 0. The van der Waals surface area contributed by atoms with E-state index in [0.717, 1.165) is 12.1 Å². The molecule has 2 fully saturated rings. The summed E-state index contributed by atoms with van der Waals surface area (Å²) in [6.07, 6.45) is -3.99. The number of rotatable bonds is 4. The van der Waals surface area contributed by atoms with Gasteiger partial charge >= 0.3 is 12.2 Å². The van der Waals surface area contributed by atoms with Gasteiger partial charge in [0.15, 0.2) is 0 Å². The highest BCUT2D eigenvalue weighted by Gasteiger charge is 2.31. The van der Waals surface area contributed by atoms with E-state index in [1.54, 1.807) is 4.90 Å². The second-order valence-electron chi connectivity index (χ2n) is 6.47. The lowest BCUT2D eigenvalue weighted by Crippen LogP contribution is -2.49. The van der Waals surface area contributed by atoms with E-state index in [2.05, 4.69) is 10.6 Å². The average molecular weight is 384 g/mol. The summed E-state index contributed by atoms with van der Waals surface area (Å²) < 4.78 is 37.9. The first-order valence-electron chi connectivity index (χ1n) is 8.55. The second-order valence-corrected chi connectivity index (χ2v) is 6.47. The second kappa shape index (κ2) is 7.45. The number of hydrogen-bond acceptors (Lipinski definition) is 4. The third kappa shape index (κ3) is 4.50. The standard InChI is InChI=1S/C17H19F3N4O3/c18-17(19,20)11-1-3-12(4-2-11)23-7-9-24(10-8-23)14(25)6-5-13-15(26)22-16(27)21-13/h1-4,13H,5-10H2,(H2,21,22,26,27). The molecule has 2 aliphatic heterocycles. The maximum atomic E-state index is 12.6. The molecule has 0 aliphatic carbocycles. The first-order chi connectivity index (χ1) is 12.7. The van der Waals surface area contributed by atoms with E-state index in [4.69, 9.17) is 0 Å². The van der Waals surface area contributed by atoms with Crippen LogP contribution < -0.4 is 15.5 Å². The molecular weight excluding hydrogens is 365 g/mol.